The van der Waals surface area contributed by atoms with Crippen LogP contribution in [0.4, 0.5) is 5.69 Å². The predicted octanol–water partition coefficient (Wildman–Crippen LogP) is 4.88. The van der Waals surface area contributed by atoms with E-state index in [0.29, 0.717) is 17.0 Å². The Balaban J connectivity index is 1.73. The lowest BCUT2D eigenvalue weighted by molar-refractivity contribution is -0.114. The van der Waals surface area contributed by atoms with Crippen LogP contribution in [0.2, 0.25) is 0 Å². The van der Waals surface area contributed by atoms with Crippen LogP contribution in [0.15, 0.2) is 66.9 Å². The average molecular weight is 374 g/mol. The highest BCUT2D eigenvalue weighted by atomic mass is 16.5. The number of aromatic nitrogens is 1. The van der Waals surface area contributed by atoms with Gasteiger partial charge in [0.2, 0.25) is 5.91 Å². The van der Waals surface area contributed by atoms with Crippen molar-refractivity contribution in [2.75, 3.05) is 5.32 Å². The first-order chi connectivity index (χ1) is 13.6. The fourth-order valence-corrected chi connectivity index (χ4v) is 2.82. The fraction of sp³-hybridized carbons (Fsp3) is 0.174. The summed E-state index contributed by atoms with van der Waals surface area (Å²) in [7, 11) is 0. The molecule has 0 radical (unpaired) electrons. The molecule has 3 aromatic rings. The van der Waals surface area contributed by atoms with Gasteiger partial charge in [-0.25, -0.2) is 4.79 Å². The number of ether oxygens (including phenoxy) is 1. The molecule has 5 heteroatoms. The van der Waals surface area contributed by atoms with Crippen LogP contribution >= 0.6 is 0 Å². The van der Waals surface area contributed by atoms with Crippen molar-refractivity contribution in [1.29, 1.82) is 0 Å². The van der Waals surface area contributed by atoms with Gasteiger partial charge in [-0.1, -0.05) is 43.7 Å². The van der Waals surface area contributed by atoms with Crippen molar-refractivity contribution in [2.45, 2.75) is 26.7 Å². The Hall–Kier alpha value is -3.47. The minimum Gasteiger partial charge on any atom is -0.421 e. The van der Waals surface area contributed by atoms with Crippen molar-refractivity contribution in [3.8, 4) is 17.0 Å². The number of aryl methyl sites for hydroxylation is 1. The maximum Gasteiger partial charge on any atom is 0.343 e. The van der Waals surface area contributed by atoms with Crippen LogP contribution < -0.4 is 10.1 Å². The van der Waals surface area contributed by atoms with Gasteiger partial charge >= 0.3 is 5.97 Å². The molecule has 0 saturated carbocycles. The second-order valence-corrected chi connectivity index (χ2v) is 6.45. The van der Waals surface area contributed by atoms with Crippen LogP contribution in [0.5, 0.6) is 5.75 Å². The molecule has 0 aliphatic heterocycles. The van der Waals surface area contributed by atoms with Crippen LogP contribution in [-0.2, 0) is 11.2 Å². The molecule has 0 aliphatic carbocycles. The summed E-state index contributed by atoms with van der Waals surface area (Å²) in [6, 6.07) is 18.0. The molecule has 0 unspecified atom stereocenters. The summed E-state index contributed by atoms with van der Waals surface area (Å²) in [6.45, 7) is 3.54. The summed E-state index contributed by atoms with van der Waals surface area (Å²) in [6.07, 6.45) is 3.99. The van der Waals surface area contributed by atoms with Crippen molar-refractivity contribution in [3.05, 3.63) is 78.0 Å². The van der Waals surface area contributed by atoms with Crippen molar-refractivity contribution in [2.24, 2.45) is 0 Å². The fourth-order valence-electron chi connectivity index (χ4n) is 2.82. The molecule has 0 atom stereocenters. The number of pyridine rings is 1. The highest BCUT2D eigenvalue weighted by Crippen LogP contribution is 2.25. The van der Waals surface area contributed by atoms with E-state index in [0.717, 1.165) is 24.1 Å². The number of nitrogens with one attached hydrogen (secondary N) is 1. The molecule has 1 N–H and O–H groups in total. The maximum atomic E-state index is 12.5. The number of para-hydroxylation sites is 2. The quantitative estimate of drug-likeness (QED) is 0.493. The van der Waals surface area contributed by atoms with E-state index in [1.54, 1.807) is 36.4 Å². The number of benzene rings is 2. The Kier molecular flexibility index (Phi) is 6.17. The summed E-state index contributed by atoms with van der Waals surface area (Å²) in [5, 5.41) is 2.65. The smallest absolute Gasteiger partial charge is 0.343 e. The number of rotatable bonds is 6. The van der Waals surface area contributed by atoms with Crippen LogP contribution in [0.1, 0.15) is 36.2 Å². The third-order valence-electron chi connectivity index (χ3n) is 4.18. The van der Waals surface area contributed by atoms with Crippen LogP contribution in [0.25, 0.3) is 11.3 Å². The lowest BCUT2D eigenvalue weighted by Gasteiger charge is -2.10. The third-order valence-corrected chi connectivity index (χ3v) is 4.18. The van der Waals surface area contributed by atoms with Gasteiger partial charge in [0.1, 0.15) is 0 Å². The number of carbonyl (C=O) groups is 2. The van der Waals surface area contributed by atoms with Gasteiger partial charge in [-0.15, -0.1) is 0 Å². The van der Waals surface area contributed by atoms with E-state index in [2.05, 4.69) is 23.3 Å². The lowest BCUT2D eigenvalue weighted by atomic mass is 10.1. The molecule has 0 saturated heterocycles. The largest absolute Gasteiger partial charge is 0.421 e. The normalized spacial score (nSPS) is 10.4. The van der Waals surface area contributed by atoms with Gasteiger partial charge in [-0.2, -0.15) is 0 Å². The number of carbonyl (C=O) groups excluding carboxylic acids is 2. The van der Waals surface area contributed by atoms with E-state index in [9.17, 15) is 9.59 Å². The first-order valence-electron chi connectivity index (χ1n) is 9.21. The zero-order chi connectivity index (χ0) is 19.9. The van der Waals surface area contributed by atoms with E-state index in [4.69, 9.17) is 4.74 Å². The van der Waals surface area contributed by atoms with Gasteiger partial charge in [-0.3, -0.25) is 9.78 Å². The number of hydrogen-bond donors (Lipinski definition) is 1. The molecule has 142 valence electrons. The second kappa shape index (κ2) is 8.95. The number of nitrogens with zero attached hydrogens (tertiary/aromatic N) is 1. The lowest BCUT2D eigenvalue weighted by Crippen LogP contribution is -2.12. The number of amides is 1. The molecule has 3 rings (SSSR count). The van der Waals surface area contributed by atoms with Crippen molar-refractivity contribution >= 4 is 17.6 Å². The molecular weight excluding hydrogens is 352 g/mol. The van der Waals surface area contributed by atoms with Gasteiger partial charge in [0.15, 0.2) is 5.75 Å². The molecule has 1 aromatic heterocycles. The molecule has 5 nitrogen and oxygen atoms in total. The zero-order valence-electron chi connectivity index (χ0n) is 15.9. The molecule has 0 bridgehead atoms. The molecule has 2 aromatic carbocycles. The highest BCUT2D eigenvalue weighted by molar-refractivity contribution is 5.94. The Labute approximate surface area is 164 Å². The molecule has 1 amide bonds. The van der Waals surface area contributed by atoms with Gasteiger partial charge in [-0.05, 0) is 42.3 Å². The van der Waals surface area contributed by atoms with Crippen molar-refractivity contribution in [1.82, 2.24) is 4.98 Å². The monoisotopic (exact) mass is 374 g/mol. The molecule has 1 heterocycles. The van der Waals surface area contributed by atoms with Crippen molar-refractivity contribution in [3.63, 3.8) is 0 Å². The summed E-state index contributed by atoms with van der Waals surface area (Å²) in [5.74, 6) is -0.416. The van der Waals surface area contributed by atoms with Crippen LogP contribution in [-0.4, -0.2) is 16.9 Å². The molecule has 0 fully saturated rings. The number of anilines is 1. The average Bonchev–Trinajstić information content (AvgIpc) is 2.70. The molecular formula is C23H22N2O3. The minimum absolute atomic E-state index is 0.231. The number of hydrogen-bond acceptors (Lipinski definition) is 4. The van der Waals surface area contributed by atoms with Gasteiger partial charge < -0.3 is 10.1 Å². The topological polar surface area (TPSA) is 68.3 Å². The van der Waals surface area contributed by atoms with E-state index in [1.807, 2.05) is 24.4 Å². The SMILES string of the molecule is CCCc1ccc(-c2ccc(C(=O)Oc3ccccc3NC(C)=O)cc2)nc1. The molecule has 28 heavy (non-hydrogen) atoms. The standard InChI is InChI=1S/C23H22N2O3/c1-3-6-17-9-14-20(24-15-17)18-10-12-19(13-11-18)23(27)28-22-8-5-4-7-21(22)25-16(2)26/h4-5,7-15H,3,6H2,1-2H3,(H,25,26). The maximum absolute atomic E-state index is 12.5. The molecule has 0 aliphatic rings. The first kappa shape index (κ1) is 19.3. The van der Waals surface area contributed by atoms with Crippen LogP contribution in [0.3, 0.4) is 0 Å². The Morgan fingerprint density at radius 1 is 1.00 bits per heavy atom. The number of esters is 1. The third kappa shape index (κ3) is 4.82. The highest BCUT2D eigenvalue weighted by Gasteiger charge is 2.12. The Morgan fingerprint density at radius 3 is 2.39 bits per heavy atom. The van der Waals surface area contributed by atoms with E-state index < -0.39 is 5.97 Å². The summed E-state index contributed by atoms with van der Waals surface area (Å²) >= 11 is 0. The van der Waals surface area contributed by atoms with Gasteiger partial charge in [0.25, 0.3) is 0 Å². The predicted molar refractivity (Wildman–Crippen MR) is 109 cm³/mol. The second-order valence-electron chi connectivity index (χ2n) is 6.45. The summed E-state index contributed by atoms with van der Waals surface area (Å²) in [5.41, 5.74) is 3.87. The molecule has 0 spiro atoms. The van der Waals surface area contributed by atoms with E-state index in [-0.39, 0.29) is 5.91 Å². The van der Waals surface area contributed by atoms with Crippen molar-refractivity contribution < 1.29 is 14.3 Å². The zero-order valence-corrected chi connectivity index (χ0v) is 15.9. The Morgan fingerprint density at radius 2 is 1.75 bits per heavy atom. The van der Waals surface area contributed by atoms with E-state index in [1.165, 1.54) is 12.5 Å². The minimum atomic E-state index is -0.490. The first-order valence-corrected chi connectivity index (χ1v) is 9.21. The van der Waals surface area contributed by atoms with Crippen LogP contribution in [0, 0.1) is 0 Å². The summed E-state index contributed by atoms with van der Waals surface area (Å²) in [4.78, 5) is 28.3. The van der Waals surface area contributed by atoms with Gasteiger partial charge in [0.05, 0.1) is 16.9 Å². The summed E-state index contributed by atoms with van der Waals surface area (Å²) < 4.78 is 5.45. The van der Waals surface area contributed by atoms with Gasteiger partial charge in [0, 0.05) is 18.7 Å². The Bertz CT molecular complexity index is 964. The van der Waals surface area contributed by atoms with E-state index >= 15 is 0 Å².